The number of piperidine rings is 1. The Hall–Kier alpha value is -1.73. The van der Waals surface area contributed by atoms with Crippen LogP contribution in [0.25, 0.3) is 0 Å². The number of aryl methyl sites for hydroxylation is 2. The third kappa shape index (κ3) is 3.52. The van der Waals surface area contributed by atoms with E-state index in [0.29, 0.717) is 12.5 Å². The molecule has 0 N–H and O–H groups in total. The number of imidazole rings is 1. The van der Waals surface area contributed by atoms with Crippen molar-refractivity contribution in [3.63, 3.8) is 0 Å². The number of carbonyl (C=O) groups excluding carboxylic acids is 1. The number of hydrogen-bond donors (Lipinski definition) is 0. The van der Waals surface area contributed by atoms with E-state index in [0.717, 1.165) is 53.9 Å². The third-order valence-electron chi connectivity index (χ3n) is 4.53. The van der Waals surface area contributed by atoms with Crippen LogP contribution in [0.1, 0.15) is 45.0 Å². The minimum absolute atomic E-state index is 0.124. The molecule has 7 heteroatoms. The number of methoxy groups -OCH3 is 1. The van der Waals surface area contributed by atoms with Crippen LogP contribution in [0.5, 0.6) is 0 Å². The molecule has 24 heavy (non-hydrogen) atoms. The molecule has 1 aliphatic heterocycles. The van der Waals surface area contributed by atoms with Gasteiger partial charge in [-0.3, -0.25) is 4.79 Å². The summed E-state index contributed by atoms with van der Waals surface area (Å²) < 4.78 is 7.33. The Morgan fingerprint density at radius 2 is 2.12 bits per heavy atom. The van der Waals surface area contributed by atoms with Crippen molar-refractivity contribution in [2.24, 2.45) is 0 Å². The SMILES string of the molecule is COCCn1ccnc1C1CCN(C(=O)c2sc(C)nc2C)CC1. The van der Waals surface area contributed by atoms with Gasteiger partial charge in [-0.1, -0.05) is 0 Å². The van der Waals surface area contributed by atoms with Crippen LogP contribution in [-0.2, 0) is 11.3 Å². The lowest BCUT2D eigenvalue weighted by Gasteiger charge is -2.31. The van der Waals surface area contributed by atoms with E-state index in [1.54, 1.807) is 7.11 Å². The van der Waals surface area contributed by atoms with E-state index >= 15 is 0 Å². The van der Waals surface area contributed by atoms with Crippen molar-refractivity contribution in [1.82, 2.24) is 19.4 Å². The number of aromatic nitrogens is 3. The van der Waals surface area contributed by atoms with Gasteiger partial charge in [-0.15, -0.1) is 11.3 Å². The second-order valence-electron chi connectivity index (χ2n) is 6.19. The van der Waals surface area contributed by atoms with Crippen molar-refractivity contribution in [3.05, 3.63) is 33.8 Å². The molecule has 0 bridgehead atoms. The molecule has 0 aromatic carbocycles. The molecule has 1 fully saturated rings. The zero-order valence-electron chi connectivity index (χ0n) is 14.5. The molecule has 1 amide bonds. The van der Waals surface area contributed by atoms with E-state index in [9.17, 15) is 4.79 Å². The maximum absolute atomic E-state index is 12.7. The monoisotopic (exact) mass is 348 g/mol. The minimum atomic E-state index is 0.124. The predicted octanol–water partition coefficient (Wildman–Crippen LogP) is 2.62. The molecule has 1 saturated heterocycles. The zero-order chi connectivity index (χ0) is 17.1. The van der Waals surface area contributed by atoms with E-state index in [-0.39, 0.29) is 5.91 Å². The topological polar surface area (TPSA) is 60.2 Å². The first-order valence-corrected chi connectivity index (χ1v) is 9.15. The summed E-state index contributed by atoms with van der Waals surface area (Å²) in [7, 11) is 1.71. The molecule has 2 aromatic rings. The molecule has 0 spiro atoms. The van der Waals surface area contributed by atoms with Crippen LogP contribution in [0.3, 0.4) is 0 Å². The van der Waals surface area contributed by atoms with Gasteiger partial charge in [0.15, 0.2) is 0 Å². The number of carbonyl (C=O) groups is 1. The van der Waals surface area contributed by atoms with Crippen LogP contribution in [0.2, 0.25) is 0 Å². The lowest BCUT2D eigenvalue weighted by atomic mass is 9.95. The van der Waals surface area contributed by atoms with E-state index < -0.39 is 0 Å². The summed E-state index contributed by atoms with van der Waals surface area (Å²) in [6, 6.07) is 0. The molecule has 0 aliphatic carbocycles. The van der Waals surface area contributed by atoms with Crippen molar-refractivity contribution in [2.45, 2.75) is 39.2 Å². The highest BCUT2D eigenvalue weighted by atomic mass is 32.1. The highest BCUT2D eigenvalue weighted by molar-refractivity contribution is 7.13. The summed E-state index contributed by atoms with van der Waals surface area (Å²) in [5, 5.41) is 0.950. The van der Waals surface area contributed by atoms with E-state index in [4.69, 9.17) is 4.74 Å². The molecule has 130 valence electrons. The first-order chi connectivity index (χ1) is 11.6. The highest BCUT2D eigenvalue weighted by Gasteiger charge is 2.28. The van der Waals surface area contributed by atoms with E-state index in [1.807, 2.05) is 31.1 Å². The summed E-state index contributed by atoms with van der Waals surface area (Å²) in [6.45, 7) is 6.92. The number of thiazole rings is 1. The third-order valence-corrected chi connectivity index (χ3v) is 5.59. The average molecular weight is 348 g/mol. The van der Waals surface area contributed by atoms with Gasteiger partial charge in [-0.2, -0.15) is 0 Å². The Bertz CT molecular complexity index is 701. The first kappa shape index (κ1) is 17.1. The van der Waals surface area contributed by atoms with Gasteiger partial charge in [0, 0.05) is 45.1 Å². The molecule has 3 rings (SSSR count). The highest BCUT2D eigenvalue weighted by Crippen LogP contribution is 2.29. The van der Waals surface area contributed by atoms with Gasteiger partial charge in [-0.05, 0) is 26.7 Å². The molecule has 6 nitrogen and oxygen atoms in total. The van der Waals surface area contributed by atoms with Gasteiger partial charge in [-0.25, -0.2) is 9.97 Å². The zero-order valence-corrected chi connectivity index (χ0v) is 15.3. The van der Waals surface area contributed by atoms with Crippen LogP contribution < -0.4 is 0 Å². The fourth-order valence-electron chi connectivity index (χ4n) is 3.27. The van der Waals surface area contributed by atoms with Crippen molar-refractivity contribution in [1.29, 1.82) is 0 Å². The molecule has 0 radical (unpaired) electrons. The number of hydrogen-bond acceptors (Lipinski definition) is 5. The summed E-state index contributed by atoms with van der Waals surface area (Å²) in [5.74, 6) is 1.65. The molecule has 0 unspecified atom stereocenters. The molecule has 1 aliphatic rings. The van der Waals surface area contributed by atoms with Gasteiger partial charge >= 0.3 is 0 Å². The Kier molecular flexibility index (Phi) is 5.30. The molecular formula is C17H24N4O2S. The Balaban J connectivity index is 1.63. The van der Waals surface area contributed by atoms with Crippen LogP contribution in [-0.4, -0.2) is 52.1 Å². The molecule has 0 saturated carbocycles. The number of ether oxygens (including phenoxy) is 1. The standard InChI is InChI=1S/C17H24N4O2S/c1-12-15(24-13(2)19-12)17(22)21-7-4-14(5-8-21)16-18-6-9-20(16)10-11-23-3/h6,9,14H,4-5,7-8,10-11H2,1-3H3. The molecule has 2 aromatic heterocycles. The second-order valence-corrected chi connectivity index (χ2v) is 7.39. The lowest BCUT2D eigenvalue weighted by molar-refractivity contribution is 0.0714. The number of amides is 1. The maximum atomic E-state index is 12.7. The summed E-state index contributed by atoms with van der Waals surface area (Å²) >= 11 is 1.49. The maximum Gasteiger partial charge on any atom is 0.265 e. The summed E-state index contributed by atoms with van der Waals surface area (Å²) in [5.41, 5.74) is 0.847. The average Bonchev–Trinajstić information content (AvgIpc) is 3.18. The molecule has 0 atom stereocenters. The van der Waals surface area contributed by atoms with E-state index in [2.05, 4.69) is 14.5 Å². The number of likely N-dealkylation sites (tertiary alicyclic amines) is 1. The first-order valence-electron chi connectivity index (χ1n) is 8.33. The smallest absolute Gasteiger partial charge is 0.265 e. The Morgan fingerprint density at radius 3 is 2.75 bits per heavy atom. The van der Waals surface area contributed by atoms with Crippen molar-refractivity contribution >= 4 is 17.2 Å². The molecular weight excluding hydrogens is 324 g/mol. The lowest BCUT2D eigenvalue weighted by Crippen LogP contribution is -2.38. The van der Waals surface area contributed by atoms with E-state index in [1.165, 1.54) is 11.3 Å². The minimum Gasteiger partial charge on any atom is -0.383 e. The fraction of sp³-hybridized carbons (Fsp3) is 0.588. The summed E-state index contributed by atoms with van der Waals surface area (Å²) in [6.07, 6.45) is 5.76. The number of rotatable bonds is 5. The van der Waals surface area contributed by atoms with Gasteiger partial charge in [0.05, 0.1) is 17.3 Å². The van der Waals surface area contributed by atoms with Crippen molar-refractivity contribution in [3.8, 4) is 0 Å². The van der Waals surface area contributed by atoms with Gasteiger partial charge < -0.3 is 14.2 Å². The van der Waals surface area contributed by atoms with Crippen LogP contribution >= 0.6 is 11.3 Å². The van der Waals surface area contributed by atoms with Gasteiger partial charge in [0.2, 0.25) is 0 Å². The van der Waals surface area contributed by atoms with Crippen LogP contribution in [0, 0.1) is 13.8 Å². The Labute approximate surface area is 146 Å². The second kappa shape index (κ2) is 7.44. The fourth-order valence-corrected chi connectivity index (χ4v) is 4.16. The number of nitrogens with zero attached hydrogens (tertiary/aromatic N) is 4. The largest absolute Gasteiger partial charge is 0.383 e. The van der Waals surface area contributed by atoms with Gasteiger partial charge in [0.25, 0.3) is 5.91 Å². The molecule has 3 heterocycles. The van der Waals surface area contributed by atoms with Crippen molar-refractivity contribution < 1.29 is 9.53 Å². The predicted molar refractivity (Wildman–Crippen MR) is 93.6 cm³/mol. The normalized spacial score (nSPS) is 15.9. The summed E-state index contributed by atoms with van der Waals surface area (Å²) in [4.78, 5) is 24.3. The quantitative estimate of drug-likeness (QED) is 0.833. The van der Waals surface area contributed by atoms with Crippen LogP contribution in [0.4, 0.5) is 0 Å². The Morgan fingerprint density at radius 1 is 1.38 bits per heavy atom. The van der Waals surface area contributed by atoms with Crippen LogP contribution in [0.15, 0.2) is 12.4 Å². The van der Waals surface area contributed by atoms with Crippen molar-refractivity contribution in [2.75, 3.05) is 26.8 Å². The van der Waals surface area contributed by atoms with Gasteiger partial charge in [0.1, 0.15) is 10.7 Å².